The number of benzene rings is 2. The molecule has 0 unspecified atom stereocenters. The monoisotopic (exact) mass is 419 g/mol. The molecule has 0 aliphatic heterocycles. The first kappa shape index (κ1) is 19.3. The fourth-order valence-electron chi connectivity index (χ4n) is 2.92. The van der Waals surface area contributed by atoms with Crippen molar-refractivity contribution in [3.63, 3.8) is 0 Å². The highest BCUT2D eigenvalue weighted by atomic mass is 35.5. The van der Waals surface area contributed by atoms with Gasteiger partial charge in [0, 0.05) is 12.3 Å². The lowest BCUT2D eigenvalue weighted by Gasteiger charge is -2.17. The van der Waals surface area contributed by atoms with Gasteiger partial charge in [-0.1, -0.05) is 65.4 Å². The van der Waals surface area contributed by atoms with E-state index in [0.717, 1.165) is 27.0 Å². The molecule has 0 spiro atoms. The molecular formula is C23H18ClN3OS. The SMILES string of the molecule is Cc1ccc(Cl)c2sc(N(Cc3ccccn3)C(=O)/C=C/c3ccccc3)nc12. The Balaban J connectivity index is 1.72. The van der Waals surface area contributed by atoms with Crippen molar-refractivity contribution in [3.8, 4) is 0 Å². The maximum absolute atomic E-state index is 13.1. The number of amides is 1. The molecule has 1 amide bonds. The lowest BCUT2D eigenvalue weighted by Crippen LogP contribution is -2.29. The Morgan fingerprint density at radius 1 is 1.10 bits per heavy atom. The van der Waals surface area contributed by atoms with Crippen LogP contribution in [0.25, 0.3) is 16.3 Å². The summed E-state index contributed by atoms with van der Waals surface area (Å²) in [4.78, 5) is 23.8. The summed E-state index contributed by atoms with van der Waals surface area (Å²) < 4.78 is 0.882. The third-order valence-corrected chi connectivity index (χ3v) is 5.99. The second-order valence-electron chi connectivity index (χ2n) is 6.53. The zero-order valence-corrected chi connectivity index (χ0v) is 17.3. The number of anilines is 1. The Morgan fingerprint density at radius 2 is 1.90 bits per heavy atom. The predicted molar refractivity (Wildman–Crippen MR) is 120 cm³/mol. The molecule has 0 fully saturated rings. The number of thiazole rings is 1. The van der Waals surface area contributed by atoms with Crippen LogP contribution in [0, 0.1) is 6.92 Å². The number of aryl methyl sites for hydroxylation is 1. The van der Waals surface area contributed by atoms with Crippen LogP contribution in [0.3, 0.4) is 0 Å². The molecule has 0 saturated heterocycles. The van der Waals surface area contributed by atoms with Gasteiger partial charge in [0.15, 0.2) is 5.13 Å². The van der Waals surface area contributed by atoms with E-state index < -0.39 is 0 Å². The topological polar surface area (TPSA) is 46.1 Å². The summed E-state index contributed by atoms with van der Waals surface area (Å²) in [5.41, 5.74) is 3.60. The van der Waals surface area contributed by atoms with Gasteiger partial charge in [-0.25, -0.2) is 4.98 Å². The standard InChI is InChI=1S/C23H18ClN3OS/c1-16-10-12-19(24)22-21(16)26-23(29-22)27(15-18-9-5-6-14-25-18)20(28)13-11-17-7-3-2-4-8-17/h2-14H,15H2,1H3/b13-11+. The highest BCUT2D eigenvalue weighted by molar-refractivity contribution is 7.23. The number of carbonyl (C=O) groups is 1. The molecule has 0 radical (unpaired) electrons. The van der Waals surface area contributed by atoms with Crippen molar-refractivity contribution >= 4 is 50.3 Å². The Bertz CT molecular complexity index is 1130. The molecule has 0 bridgehead atoms. The molecule has 4 rings (SSSR count). The van der Waals surface area contributed by atoms with Crippen molar-refractivity contribution in [2.24, 2.45) is 0 Å². The number of rotatable bonds is 5. The quantitative estimate of drug-likeness (QED) is 0.378. The van der Waals surface area contributed by atoms with Crippen molar-refractivity contribution in [1.29, 1.82) is 0 Å². The van der Waals surface area contributed by atoms with E-state index in [0.29, 0.717) is 16.7 Å². The van der Waals surface area contributed by atoms with Gasteiger partial charge in [-0.2, -0.15) is 0 Å². The summed E-state index contributed by atoms with van der Waals surface area (Å²) >= 11 is 7.78. The predicted octanol–water partition coefficient (Wildman–Crippen LogP) is 5.90. The van der Waals surface area contributed by atoms with Crippen LogP contribution in [0.2, 0.25) is 5.02 Å². The summed E-state index contributed by atoms with van der Waals surface area (Å²) in [5, 5.41) is 1.24. The third kappa shape index (κ3) is 4.36. The first-order valence-electron chi connectivity index (χ1n) is 9.12. The number of aromatic nitrogens is 2. The third-order valence-electron chi connectivity index (χ3n) is 4.45. The van der Waals surface area contributed by atoms with E-state index in [2.05, 4.69) is 4.98 Å². The molecule has 0 atom stereocenters. The van der Waals surface area contributed by atoms with Crippen molar-refractivity contribution < 1.29 is 4.79 Å². The molecule has 2 heterocycles. The second-order valence-corrected chi connectivity index (χ2v) is 7.91. The Morgan fingerprint density at radius 3 is 2.62 bits per heavy atom. The van der Waals surface area contributed by atoms with E-state index >= 15 is 0 Å². The van der Waals surface area contributed by atoms with Crippen LogP contribution in [0.5, 0.6) is 0 Å². The van der Waals surface area contributed by atoms with E-state index in [4.69, 9.17) is 16.6 Å². The highest BCUT2D eigenvalue weighted by Crippen LogP contribution is 2.36. The van der Waals surface area contributed by atoms with Crippen LogP contribution in [-0.4, -0.2) is 15.9 Å². The van der Waals surface area contributed by atoms with Crippen LogP contribution in [0.1, 0.15) is 16.8 Å². The Labute approximate surface area is 178 Å². The molecule has 0 saturated carbocycles. The van der Waals surface area contributed by atoms with Gasteiger partial charge >= 0.3 is 0 Å². The molecule has 2 aromatic heterocycles. The van der Waals surface area contributed by atoms with E-state index in [1.54, 1.807) is 23.2 Å². The van der Waals surface area contributed by atoms with Gasteiger partial charge in [-0.3, -0.25) is 14.7 Å². The summed E-state index contributed by atoms with van der Waals surface area (Å²) in [5.74, 6) is -0.160. The molecule has 6 heteroatoms. The minimum atomic E-state index is -0.160. The first-order valence-corrected chi connectivity index (χ1v) is 10.3. The fraction of sp³-hybridized carbons (Fsp3) is 0.0870. The van der Waals surface area contributed by atoms with Crippen molar-refractivity contribution in [1.82, 2.24) is 9.97 Å². The molecule has 0 N–H and O–H groups in total. The first-order chi connectivity index (χ1) is 14.1. The molecule has 0 aliphatic carbocycles. The molecule has 29 heavy (non-hydrogen) atoms. The summed E-state index contributed by atoms with van der Waals surface area (Å²) in [6, 6.07) is 19.2. The minimum Gasteiger partial charge on any atom is -0.278 e. The van der Waals surface area contributed by atoms with Gasteiger partial charge in [0.2, 0.25) is 0 Å². The number of hydrogen-bond donors (Lipinski definition) is 0. The second kappa shape index (κ2) is 8.55. The van der Waals surface area contributed by atoms with Crippen LogP contribution < -0.4 is 4.90 Å². The van der Waals surface area contributed by atoms with Gasteiger partial charge in [-0.05, 0) is 42.3 Å². The summed E-state index contributed by atoms with van der Waals surface area (Å²) in [6.07, 6.45) is 5.09. The zero-order valence-electron chi connectivity index (χ0n) is 15.7. The van der Waals surface area contributed by atoms with E-state index in [-0.39, 0.29) is 5.91 Å². The highest BCUT2D eigenvalue weighted by Gasteiger charge is 2.20. The zero-order chi connectivity index (χ0) is 20.2. The van der Waals surface area contributed by atoms with Crippen molar-refractivity contribution in [2.45, 2.75) is 13.5 Å². The smallest absolute Gasteiger partial charge is 0.253 e. The van der Waals surface area contributed by atoms with Gasteiger partial charge in [0.25, 0.3) is 5.91 Å². The lowest BCUT2D eigenvalue weighted by atomic mass is 10.2. The van der Waals surface area contributed by atoms with Gasteiger partial charge < -0.3 is 0 Å². The van der Waals surface area contributed by atoms with E-state index in [1.165, 1.54) is 11.3 Å². The number of nitrogens with zero attached hydrogens (tertiary/aromatic N) is 3. The average molecular weight is 420 g/mol. The van der Waals surface area contributed by atoms with E-state index in [9.17, 15) is 4.79 Å². The number of halogens is 1. The average Bonchev–Trinajstić information content (AvgIpc) is 3.21. The normalized spacial score (nSPS) is 11.2. The summed E-state index contributed by atoms with van der Waals surface area (Å²) in [7, 11) is 0. The number of hydrogen-bond acceptors (Lipinski definition) is 4. The van der Waals surface area contributed by atoms with Gasteiger partial charge in [0.05, 0.1) is 27.5 Å². The molecule has 2 aromatic carbocycles. The van der Waals surface area contributed by atoms with Crippen LogP contribution in [0.4, 0.5) is 5.13 Å². The lowest BCUT2D eigenvalue weighted by molar-refractivity contribution is -0.114. The summed E-state index contributed by atoms with van der Waals surface area (Å²) in [6.45, 7) is 2.32. The van der Waals surface area contributed by atoms with Crippen molar-refractivity contribution in [3.05, 3.63) is 94.8 Å². The largest absolute Gasteiger partial charge is 0.278 e. The van der Waals surface area contributed by atoms with E-state index in [1.807, 2.05) is 67.6 Å². The van der Waals surface area contributed by atoms with Gasteiger partial charge in [0.1, 0.15) is 0 Å². The Hall–Kier alpha value is -3.02. The molecular weight excluding hydrogens is 402 g/mol. The van der Waals surface area contributed by atoms with Crippen LogP contribution in [-0.2, 0) is 11.3 Å². The number of fused-ring (bicyclic) bond motifs is 1. The Kier molecular flexibility index (Phi) is 5.69. The molecule has 4 aromatic rings. The molecule has 0 aliphatic rings. The number of pyridine rings is 1. The molecule has 4 nitrogen and oxygen atoms in total. The maximum atomic E-state index is 13.1. The minimum absolute atomic E-state index is 0.160. The molecule has 144 valence electrons. The van der Waals surface area contributed by atoms with Crippen LogP contribution in [0.15, 0.2) is 72.9 Å². The van der Waals surface area contributed by atoms with Crippen LogP contribution >= 0.6 is 22.9 Å². The van der Waals surface area contributed by atoms with Crippen molar-refractivity contribution in [2.75, 3.05) is 4.90 Å². The van der Waals surface area contributed by atoms with Gasteiger partial charge in [-0.15, -0.1) is 0 Å². The number of carbonyl (C=O) groups excluding carboxylic acids is 1. The maximum Gasteiger partial charge on any atom is 0.253 e. The fourth-order valence-corrected chi connectivity index (χ4v) is 4.24.